The zero-order valence-corrected chi connectivity index (χ0v) is 13.1. The summed E-state index contributed by atoms with van der Waals surface area (Å²) in [5, 5.41) is 12.3. The lowest BCUT2D eigenvalue weighted by molar-refractivity contribution is -0.139. The van der Waals surface area contributed by atoms with Gasteiger partial charge >= 0.3 is 5.97 Å². The van der Waals surface area contributed by atoms with Crippen molar-refractivity contribution in [2.45, 2.75) is 43.7 Å². The van der Waals surface area contributed by atoms with Crippen LogP contribution in [0.2, 0.25) is 0 Å². The van der Waals surface area contributed by atoms with Gasteiger partial charge in [-0.3, -0.25) is 4.79 Å². The first-order valence-electron chi connectivity index (χ1n) is 6.79. The van der Waals surface area contributed by atoms with Crippen LogP contribution in [0.25, 0.3) is 0 Å². The Kier molecular flexibility index (Phi) is 7.47. The molecule has 0 aliphatic carbocycles. The van der Waals surface area contributed by atoms with Crippen LogP contribution in [0.15, 0.2) is 23.1 Å². The molecule has 0 radical (unpaired) electrons. The van der Waals surface area contributed by atoms with Crippen molar-refractivity contribution in [3.8, 4) is 5.75 Å². The molecule has 0 fully saturated rings. The molecule has 0 unspecified atom stereocenters. The minimum atomic E-state index is -0.786. The number of carboxylic acids is 1. The van der Waals surface area contributed by atoms with Crippen molar-refractivity contribution in [3.63, 3.8) is 0 Å². The number of carbonyl (C=O) groups is 1. The fourth-order valence-electron chi connectivity index (χ4n) is 1.95. The molecule has 0 saturated heterocycles. The molecule has 1 aromatic carbocycles. The van der Waals surface area contributed by atoms with E-state index in [0.717, 1.165) is 29.1 Å². The maximum atomic E-state index is 11.2. The number of unbranched alkanes of at least 4 members (excludes halogenated alkanes) is 1. The number of benzene rings is 1. The topological polar surface area (TPSA) is 58.6 Å². The Morgan fingerprint density at radius 1 is 1.50 bits per heavy atom. The van der Waals surface area contributed by atoms with Crippen molar-refractivity contribution in [3.05, 3.63) is 23.8 Å². The second-order valence-electron chi connectivity index (χ2n) is 4.60. The van der Waals surface area contributed by atoms with Crippen molar-refractivity contribution in [2.75, 3.05) is 13.4 Å². The van der Waals surface area contributed by atoms with Gasteiger partial charge in [0.2, 0.25) is 0 Å². The first-order chi connectivity index (χ1) is 9.62. The van der Waals surface area contributed by atoms with Crippen LogP contribution in [0.1, 0.15) is 31.7 Å². The van der Waals surface area contributed by atoms with Crippen molar-refractivity contribution in [1.29, 1.82) is 0 Å². The number of ether oxygens (including phenoxy) is 1. The van der Waals surface area contributed by atoms with Gasteiger partial charge in [-0.25, -0.2) is 0 Å². The summed E-state index contributed by atoms with van der Waals surface area (Å²) in [5.41, 5.74) is 1.03. The van der Waals surface area contributed by atoms with Gasteiger partial charge in [0.25, 0.3) is 0 Å². The molecule has 20 heavy (non-hydrogen) atoms. The predicted molar refractivity (Wildman–Crippen MR) is 82.6 cm³/mol. The Balaban J connectivity index is 2.65. The van der Waals surface area contributed by atoms with Gasteiger partial charge in [0.1, 0.15) is 11.8 Å². The third-order valence-electron chi connectivity index (χ3n) is 3.14. The van der Waals surface area contributed by atoms with E-state index < -0.39 is 12.0 Å². The summed E-state index contributed by atoms with van der Waals surface area (Å²) < 4.78 is 5.33. The number of aliphatic carboxylic acids is 1. The Bertz CT molecular complexity index is 437. The molecule has 0 aliphatic rings. The summed E-state index contributed by atoms with van der Waals surface area (Å²) >= 11 is 1.63. The number of hydrogen-bond acceptors (Lipinski definition) is 4. The number of carboxylic acid groups (broad SMARTS) is 1. The molecular weight excluding hydrogens is 274 g/mol. The Labute approximate surface area is 124 Å². The lowest BCUT2D eigenvalue weighted by Gasteiger charge is -2.15. The summed E-state index contributed by atoms with van der Waals surface area (Å²) in [5.74, 6) is 0.0448. The standard InChI is InChI=1S/C15H23NO3S/c1-4-5-6-12(15(17)18)16-10-11-7-8-14(20-3)13(9-11)19-2/h7-9,12,16H,4-6,10H2,1-3H3,(H,17,18)/t12-/m0/s1. The summed E-state index contributed by atoms with van der Waals surface area (Å²) in [6.07, 6.45) is 4.58. The number of rotatable bonds is 9. The second kappa shape index (κ2) is 8.87. The van der Waals surface area contributed by atoms with Gasteiger partial charge in [-0.2, -0.15) is 0 Å². The van der Waals surface area contributed by atoms with E-state index in [-0.39, 0.29) is 0 Å². The molecule has 2 N–H and O–H groups in total. The fourth-order valence-corrected chi connectivity index (χ4v) is 2.50. The SMILES string of the molecule is CCCC[C@H](NCc1ccc(SC)c(OC)c1)C(=O)O. The summed E-state index contributed by atoms with van der Waals surface area (Å²) in [6, 6.07) is 5.47. The molecule has 0 saturated carbocycles. The number of methoxy groups -OCH3 is 1. The Hall–Kier alpha value is -1.20. The second-order valence-corrected chi connectivity index (χ2v) is 5.45. The molecule has 0 spiro atoms. The molecule has 112 valence electrons. The zero-order chi connectivity index (χ0) is 15.0. The van der Waals surface area contributed by atoms with E-state index in [4.69, 9.17) is 4.74 Å². The van der Waals surface area contributed by atoms with E-state index in [0.29, 0.717) is 13.0 Å². The van der Waals surface area contributed by atoms with Crippen LogP contribution < -0.4 is 10.1 Å². The molecular formula is C15H23NO3S. The lowest BCUT2D eigenvalue weighted by atomic mass is 10.1. The smallest absolute Gasteiger partial charge is 0.320 e. The third-order valence-corrected chi connectivity index (χ3v) is 3.92. The van der Waals surface area contributed by atoms with Crippen LogP contribution in [-0.2, 0) is 11.3 Å². The molecule has 1 atom stereocenters. The van der Waals surface area contributed by atoms with Crippen LogP contribution >= 0.6 is 11.8 Å². The van der Waals surface area contributed by atoms with Gasteiger partial charge in [-0.05, 0) is 30.4 Å². The van der Waals surface area contributed by atoms with E-state index in [1.54, 1.807) is 18.9 Å². The highest BCUT2D eigenvalue weighted by molar-refractivity contribution is 7.98. The van der Waals surface area contributed by atoms with Crippen molar-refractivity contribution in [1.82, 2.24) is 5.32 Å². The van der Waals surface area contributed by atoms with Crippen LogP contribution in [0.3, 0.4) is 0 Å². The average Bonchev–Trinajstić information content (AvgIpc) is 2.46. The van der Waals surface area contributed by atoms with Gasteiger partial charge in [-0.1, -0.05) is 25.8 Å². The van der Waals surface area contributed by atoms with E-state index in [1.165, 1.54) is 0 Å². The molecule has 0 aromatic heterocycles. The average molecular weight is 297 g/mol. The van der Waals surface area contributed by atoms with Crippen molar-refractivity contribution >= 4 is 17.7 Å². The fraction of sp³-hybridized carbons (Fsp3) is 0.533. The Morgan fingerprint density at radius 2 is 2.25 bits per heavy atom. The van der Waals surface area contributed by atoms with Crippen LogP contribution in [0.4, 0.5) is 0 Å². The highest BCUT2D eigenvalue weighted by Crippen LogP contribution is 2.28. The molecule has 1 aromatic rings. The number of thioether (sulfide) groups is 1. The van der Waals surface area contributed by atoms with Crippen molar-refractivity contribution < 1.29 is 14.6 Å². The third kappa shape index (κ3) is 5.06. The highest BCUT2D eigenvalue weighted by atomic mass is 32.2. The molecule has 0 bridgehead atoms. The molecule has 1 rings (SSSR count). The molecule has 4 nitrogen and oxygen atoms in total. The predicted octanol–water partition coefficient (Wildman–Crippen LogP) is 3.15. The number of hydrogen-bond donors (Lipinski definition) is 2. The quantitative estimate of drug-likeness (QED) is 0.686. The normalized spacial score (nSPS) is 12.2. The van der Waals surface area contributed by atoms with Crippen LogP contribution in [0, 0.1) is 0 Å². The largest absolute Gasteiger partial charge is 0.496 e. The summed E-state index contributed by atoms with van der Waals surface area (Å²) in [7, 11) is 1.65. The van der Waals surface area contributed by atoms with Gasteiger partial charge < -0.3 is 15.2 Å². The van der Waals surface area contributed by atoms with Gasteiger partial charge in [0, 0.05) is 11.4 Å². The molecule has 0 aliphatic heterocycles. The Morgan fingerprint density at radius 3 is 2.80 bits per heavy atom. The first-order valence-corrected chi connectivity index (χ1v) is 8.02. The highest BCUT2D eigenvalue weighted by Gasteiger charge is 2.15. The lowest BCUT2D eigenvalue weighted by Crippen LogP contribution is -2.36. The number of nitrogens with one attached hydrogen (secondary N) is 1. The minimum Gasteiger partial charge on any atom is -0.496 e. The van der Waals surface area contributed by atoms with E-state index in [1.807, 2.05) is 24.5 Å². The van der Waals surface area contributed by atoms with Crippen LogP contribution in [0.5, 0.6) is 5.75 Å². The monoisotopic (exact) mass is 297 g/mol. The first kappa shape index (κ1) is 16.9. The van der Waals surface area contributed by atoms with Gasteiger partial charge in [0.05, 0.1) is 7.11 Å². The van der Waals surface area contributed by atoms with E-state index >= 15 is 0 Å². The molecule has 5 heteroatoms. The maximum Gasteiger partial charge on any atom is 0.320 e. The minimum absolute atomic E-state index is 0.485. The van der Waals surface area contributed by atoms with Gasteiger partial charge in [-0.15, -0.1) is 11.8 Å². The zero-order valence-electron chi connectivity index (χ0n) is 12.3. The van der Waals surface area contributed by atoms with Crippen molar-refractivity contribution in [2.24, 2.45) is 0 Å². The molecule has 0 heterocycles. The molecule has 0 amide bonds. The van der Waals surface area contributed by atoms with E-state index in [2.05, 4.69) is 12.2 Å². The summed E-state index contributed by atoms with van der Waals surface area (Å²) in [4.78, 5) is 12.2. The van der Waals surface area contributed by atoms with Gasteiger partial charge in [0.15, 0.2) is 0 Å². The summed E-state index contributed by atoms with van der Waals surface area (Å²) in [6.45, 7) is 2.59. The van der Waals surface area contributed by atoms with E-state index in [9.17, 15) is 9.90 Å². The maximum absolute atomic E-state index is 11.2. The van der Waals surface area contributed by atoms with Crippen LogP contribution in [-0.4, -0.2) is 30.5 Å².